The number of aliphatic hydroxyl groups is 1. The number of anilines is 1. The van der Waals surface area contributed by atoms with Crippen LogP contribution in [-0.2, 0) is 0 Å². The molecule has 98 valence electrons. The van der Waals surface area contributed by atoms with E-state index in [1.54, 1.807) is 24.0 Å². The molecule has 18 heavy (non-hydrogen) atoms. The number of hydrogen-bond acceptors (Lipinski definition) is 3. The highest BCUT2D eigenvalue weighted by atomic mass is 79.9. The lowest BCUT2D eigenvalue weighted by Gasteiger charge is -2.22. The Morgan fingerprint density at radius 1 is 1.61 bits per heavy atom. The van der Waals surface area contributed by atoms with Gasteiger partial charge in [0.25, 0.3) is 0 Å². The highest BCUT2D eigenvalue weighted by molar-refractivity contribution is 9.10. The second-order valence-corrected chi connectivity index (χ2v) is 5.64. The fraction of sp³-hybridized carbons (Fsp3) is 0.417. The van der Waals surface area contributed by atoms with E-state index in [0.717, 1.165) is 0 Å². The molecule has 0 saturated carbocycles. The average Bonchev–Trinajstić information content (AvgIpc) is 2.62. The van der Waals surface area contributed by atoms with Crippen LogP contribution in [0.25, 0.3) is 0 Å². The first-order valence-corrected chi connectivity index (χ1v) is 6.41. The minimum Gasteiger partial charge on any atom is -0.388 e. The van der Waals surface area contributed by atoms with Crippen LogP contribution in [0.15, 0.2) is 16.6 Å². The molecule has 1 unspecified atom stereocenters. The second-order valence-electron chi connectivity index (χ2n) is 4.84. The summed E-state index contributed by atoms with van der Waals surface area (Å²) >= 11 is 3.12. The largest absolute Gasteiger partial charge is 0.388 e. The average molecular weight is 316 g/mol. The monoisotopic (exact) mass is 315 g/mol. The summed E-state index contributed by atoms with van der Waals surface area (Å²) in [4.78, 5) is 1.80. The molecule has 1 saturated heterocycles. The first kappa shape index (κ1) is 13.3. The molecule has 0 radical (unpaired) electrons. The summed E-state index contributed by atoms with van der Waals surface area (Å²) in [6, 6.07) is 3.20. The molecule has 2 rings (SSSR count). The van der Waals surface area contributed by atoms with E-state index in [9.17, 15) is 9.50 Å². The molecular formula is C12H15BrFN3O. The van der Waals surface area contributed by atoms with Gasteiger partial charge in [-0.15, -0.1) is 0 Å². The highest BCUT2D eigenvalue weighted by Gasteiger charge is 2.33. The van der Waals surface area contributed by atoms with Gasteiger partial charge in [-0.1, -0.05) is 0 Å². The van der Waals surface area contributed by atoms with Gasteiger partial charge >= 0.3 is 0 Å². The number of benzene rings is 1. The van der Waals surface area contributed by atoms with Crippen LogP contribution in [0.5, 0.6) is 0 Å². The molecule has 0 aromatic heterocycles. The van der Waals surface area contributed by atoms with Crippen LogP contribution < -0.4 is 10.6 Å². The predicted molar refractivity (Wildman–Crippen MR) is 72.6 cm³/mol. The predicted octanol–water partition coefficient (Wildman–Crippen LogP) is 1.83. The van der Waals surface area contributed by atoms with Crippen molar-refractivity contribution in [2.45, 2.75) is 18.9 Å². The smallest absolute Gasteiger partial charge is 0.161 e. The number of nitrogen functional groups attached to an aromatic ring is 1. The topological polar surface area (TPSA) is 73.3 Å². The SMILES string of the molecule is CC1(O)CCN(c2ccc(C(=N)N)c(Br)c2F)C1. The van der Waals surface area contributed by atoms with Gasteiger partial charge in [0.15, 0.2) is 5.82 Å². The fourth-order valence-electron chi connectivity index (χ4n) is 2.14. The number of amidine groups is 1. The van der Waals surface area contributed by atoms with Crippen molar-refractivity contribution < 1.29 is 9.50 Å². The van der Waals surface area contributed by atoms with E-state index >= 15 is 0 Å². The Morgan fingerprint density at radius 3 is 2.78 bits per heavy atom. The van der Waals surface area contributed by atoms with Gasteiger partial charge in [-0.05, 0) is 41.4 Å². The van der Waals surface area contributed by atoms with Gasteiger partial charge in [0.05, 0.1) is 15.8 Å². The second kappa shape index (κ2) is 4.51. The van der Waals surface area contributed by atoms with Crippen LogP contribution in [0.3, 0.4) is 0 Å². The molecule has 1 heterocycles. The molecule has 1 aromatic rings. The molecule has 4 N–H and O–H groups in total. The van der Waals surface area contributed by atoms with Crippen molar-refractivity contribution in [1.82, 2.24) is 0 Å². The molecule has 1 aliphatic heterocycles. The molecule has 1 aromatic carbocycles. The van der Waals surface area contributed by atoms with Gasteiger partial charge in [-0.25, -0.2) is 4.39 Å². The van der Waals surface area contributed by atoms with E-state index in [2.05, 4.69) is 15.9 Å². The Morgan fingerprint density at radius 2 is 2.28 bits per heavy atom. The fourth-order valence-corrected chi connectivity index (χ4v) is 2.69. The van der Waals surface area contributed by atoms with Gasteiger partial charge in [-0.2, -0.15) is 0 Å². The molecule has 1 fully saturated rings. The Hall–Kier alpha value is -1.14. The van der Waals surface area contributed by atoms with E-state index in [-0.39, 0.29) is 10.3 Å². The number of rotatable bonds is 2. The maximum absolute atomic E-state index is 14.2. The molecule has 4 nitrogen and oxygen atoms in total. The van der Waals surface area contributed by atoms with Crippen LogP contribution in [0, 0.1) is 11.2 Å². The molecule has 6 heteroatoms. The molecular weight excluding hydrogens is 301 g/mol. The maximum Gasteiger partial charge on any atom is 0.161 e. The lowest BCUT2D eigenvalue weighted by atomic mass is 10.1. The summed E-state index contributed by atoms with van der Waals surface area (Å²) in [7, 11) is 0. The van der Waals surface area contributed by atoms with Crippen LogP contribution in [0.2, 0.25) is 0 Å². The third kappa shape index (κ3) is 2.35. The molecule has 0 amide bonds. The molecule has 0 aliphatic carbocycles. The number of halogens is 2. The van der Waals surface area contributed by atoms with Crippen LogP contribution in [-0.4, -0.2) is 29.6 Å². The minimum atomic E-state index is -0.780. The zero-order valence-electron chi connectivity index (χ0n) is 10.0. The lowest BCUT2D eigenvalue weighted by molar-refractivity contribution is 0.0839. The molecule has 0 spiro atoms. The quantitative estimate of drug-likeness (QED) is 0.576. The third-order valence-electron chi connectivity index (χ3n) is 3.14. The van der Waals surface area contributed by atoms with Crippen molar-refractivity contribution in [3.8, 4) is 0 Å². The minimum absolute atomic E-state index is 0.180. The Bertz CT molecular complexity index is 504. The maximum atomic E-state index is 14.2. The Kier molecular flexibility index (Phi) is 3.33. The molecule has 1 atom stereocenters. The van der Waals surface area contributed by atoms with Crippen molar-refractivity contribution in [1.29, 1.82) is 5.41 Å². The van der Waals surface area contributed by atoms with Gasteiger partial charge in [0, 0.05) is 18.7 Å². The number of nitrogens with zero attached hydrogens (tertiary/aromatic N) is 1. The van der Waals surface area contributed by atoms with Crippen LogP contribution >= 0.6 is 15.9 Å². The summed E-state index contributed by atoms with van der Waals surface area (Å²) in [6.07, 6.45) is 0.610. The summed E-state index contributed by atoms with van der Waals surface area (Å²) < 4.78 is 14.4. The van der Waals surface area contributed by atoms with Crippen molar-refractivity contribution in [2.75, 3.05) is 18.0 Å². The van der Waals surface area contributed by atoms with E-state index in [4.69, 9.17) is 11.1 Å². The van der Waals surface area contributed by atoms with Crippen LogP contribution in [0.4, 0.5) is 10.1 Å². The van der Waals surface area contributed by atoms with Crippen LogP contribution in [0.1, 0.15) is 18.9 Å². The summed E-state index contributed by atoms with van der Waals surface area (Å²) in [5.74, 6) is -0.624. The molecule has 0 bridgehead atoms. The summed E-state index contributed by atoms with van der Waals surface area (Å²) in [5.41, 5.74) is 5.34. The number of β-amino-alcohol motifs (C(OH)–C–C–N with tert-alkyl or cyclic N) is 1. The first-order chi connectivity index (χ1) is 8.32. The van der Waals surface area contributed by atoms with Crippen molar-refractivity contribution in [3.63, 3.8) is 0 Å². The van der Waals surface area contributed by atoms with Crippen molar-refractivity contribution in [2.24, 2.45) is 5.73 Å². The zero-order valence-corrected chi connectivity index (χ0v) is 11.6. The Labute approximate surface area is 113 Å². The third-order valence-corrected chi connectivity index (χ3v) is 3.92. The highest BCUT2D eigenvalue weighted by Crippen LogP contribution is 2.33. The zero-order chi connectivity index (χ0) is 13.5. The van der Waals surface area contributed by atoms with Gasteiger partial charge in [0.1, 0.15) is 5.84 Å². The van der Waals surface area contributed by atoms with E-state index in [1.807, 2.05) is 0 Å². The van der Waals surface area contributed by atoms with Crippen molar-refractivity contribution in [3.05, 3.63) is 28.0 Å². The first-order valence-electron chi connectivity index (χ1n) is 5.61. The van der Waals surface area contributed by atoms with Gasteiger partial charge in [0.2, 0.25) is 0 Å². The van der Waals surface area contributed by atoms with Gasteiger partial charge < -0.3 is 15.7 Å². The number of hydrogen-bond donors (Lipinski definition) is 3. The molecule has 1 aliphatic rings. The van der Waals surface area contributed by atoms with Gasteiger partial charge in [-0.3, -0.25) is 5.41 Å². The normalized spacial score (nSPS) is 23.4. The van der Waals surface area contributed by atoms with E-state index < -0.39 is 11.4 Å². The Balaban J connectivity index is 2.37. The summed E-state index contributed by atoms with van der Waals surface area (Å²) in [6.45, 7) is 2.75. The van der Waals surface area contributed by atoms with Crippen molar-refractivity contribution >= 4 is 27.5 Å². The number of nitrogens with two attached hydrogens (primary N) is 1. The number of nitrogens with one attached hydrogen (secondary N) is 1. The lowest BCUT2D eigenvalue weighted by Crippen LogP contribution is -2.30. The van der Waals surface area contributed by atoms with E-state index in [1.165, 1.54) is 0 Å². The standard InChI is InChI=1S/C12H15BrFN3O/c1-12(18)4-5-17(6-12)8-3-2-7(11(15)16)9(13)10(8)14/h2-3,18H,4-6H2,1H3,(H3,15,16). The van der Waals surface area contributed by atoms with E-state index in [0.29, 0.717) is 30.8 Å². The summed E-state index contributed by atoms with van der Waals surface area (Å²) in [5, 5.41) is 17.2.